The summed E-state index contributed by atoms with van der Waals surface area (Å²) in [6, 6.07) is -0.295. The average Bonchev–Trinajstić information content (AvgIpc) is 2.67. The van der Waals surface area contributed by atoms with Crippen molar-refractivity contribution in [1.29, 1.82) is 0 Å². The number of nitrogen functional groups attached to an aromatic ring is 1. The smallest absolute Gasteiger partial charge is 0.265 e. The predicted molar refractivity (Wildman–Crippen MR) is 69.3 cm³/mol. The second-order valence-corrected chi connectivity index (χ2v) is 4.72. The molecular weight excluding hydrogens is 240 g/mol. The summed E-state index contributed by atoms with van der Waals surface area (Å²) in [6.07, 6.45) is 0.975. The van der Waals surface area contributed by atoms with Crippen LogP contribution in [0.25, 0.3) is 0 Å². The number of hydrogen-bond acceptors (Lipinski definition) is 6. The minimum Gasteiger partial charge on any atom is -0.394 e. The van der Waals surface area contributed by atoms with E-state index >= 15 is 0 Å². The Bertz CT molecular complexity index is 380. The van der Waals surface area contributed by atoms with Crippen LogP contribution in [0.5, 0.6) is 0 Å². The first-order valence-electron chi connectivity index (χ1n) is 5.50. The van der Waals surface area contributed by atoms with Crippen LogP contribution in [0.15, 0.2) is 0 Å². The first-order chi connectivity index (χ1) is 8.08. The molecule has 6 nitrogen and oxygen atoms in total. The number of amides is 1. The van der Waals surface area contributed by atoms with Gasteiger partial charge in [-0.05, 0) is 13.3 Å². The van der Waals surface area contributed by atoms with E-state index in [2.05, 4.69) is 15.6 Å². The molecule has 0 aliphatic rings. The van der Waals surface area contributed by atoms with Gasteiger partial charge in [0.1, 0.15) is 10.7 Å². The van der Waals surface area contributed by atoms with Crippen LogP contribution in [-0.2, 0) is 0 Å². The number of nitrogens with two attached hydrogens (primary N) is 1. The summed E-state index contributed by atoms with van der Waals surface area (Å²) in [7, 11) is 0. The molecule has 0 radical (unpaired) electrons. The molecule has 5 N–H and O–H groups in total. The molecule has 1 unspecified atom stereocenters. The summed E-state index contributed by atoms with van der Waals surface area (Å²) in [5.41, 5.74) is 5.67. The van der Waals surface area contributed by atoms with Gasteiger partial charge in [-0.1, -0.05) is 18.3 Å². The van der Waals surface area contributed by atoms with Gasteiger partial charge in [-0.15, -0.1) is 0 Å². The molecular formula is C10H18N4O2S. The van der Waals surface area contributed by atoms with Crippen molar-refractivity contribution < 1.29 is 9.90 Å². The highest BCUT2D eigenvalue weighted by Gasteiger charge is 2.17. The van der Waals surface area contributed by atoms with Crippen molar-refractivity contribution in [3.8, 4) is 0 Å². The Morgan fingerprint density at radius 1 is 1.65 bits per heavy atom. The molecule has 0 fully saturated rings. The summed E-state index contributed by atoms with van der Waals surface area (Å²) >= 11 is 1.22. The topological polar surface area (TPSA) is 100 Å². The molecule has 1 aromatic rings. The first kappa shape index (κ1) is 13.7. The Labute approximate surface area is 104 Å². The molecule has 96 valence electrons. The van der Waals surface area contributed by atoms with Gasteiger partial charge in [0.2, 0.25) is 0 Å². The van der Waals surface area contributed by atoms with Crippen LogP contribution in [0.3, 0.4) is 0 Å². The van der Waals surface area contributed by atoms with Crippen molar-refractivity contribution in [2.45, 2.75) is 26.3 Å². The van der Waals surface area contributed by atoms with E-state index < -0.39 is 0 Å². The summed E-state index contributed by atoms with van der Waals surface area (Å²) in [6.45, 7) is 4.44. The summed E-state index contributed by atoms with van der Waals surface area (Å²) in [5.74, 6) is -0.0812. The third kappa shape index (κ3) is 3.86. The van der Waals surface area contributed by atoms with Gasteiger partial charge in [0, 0.05) is 12.6 Å². The highest BCUT2D eigenvalue weighted by molar-refractivity contribution is 7.18. The number of aromatic nitrogens is 1. The van der Waals surface area contributed by atoms with E-state index in [0.29, 0.717) is 10.0 Å². The first-order valence-corrected chi connectivity index (χ1v) is 6.32. The van der Waals surface area contributed by atoms with Gasteiger partial charge in [0.05, 0.1) is 6.61 Å². The number of rotatable bonds is 6. The SMILES string of the molecule is CCCNc1nc(N)c(C(=O)NC(C)CO)s1. The Balaban J connectivity index is 2.69. The van der Waals surface area contributed by atoms with Crippen LogP contribution < -0.4 is 16.4 Å². The fourth-order valence-electron chi connectivity index (χ4n) is 1.14. The van der Waals surface area contributed by atoms with E-state index in [1.54, 1.807) is 6.92 Å². The molecule has 0 saturated carbocycles. The fraction of sp³-hybridized carbons (Fsp3) is 0.600. The van der Waals surface area contributed by atoms with Crippen LogP contribution >= 0.6 is 11.3 Å². The number of carbonyl (C=O) groups excluding carboxylic acids is 1. The van der Waals surface area contributed by atoms with Gasteiger partial charge in [-0.3, -0.25) is 4.79 Å². The second kappa shape index (κ2) is 6.41. The molecule has 1 aromatic heterocycles. The molecule has 1 atom stereocenters. The van der Waals surface area contributed by atoms with Crippen LogP contribution in [0.1, 0.15) is 29.9 Å². The number of nitrogens with one attached hydrogen (secondary N) is 2. The van der Waals surface area contributed by atoms with Crippen molar-refractivity contribution in [1.82, 2.24) is 10.3 Å². The molecule has 17 heavy (non-hydrogen) atoms. The van der Waals surface area contributed by atoms with Gasteiger partial charge in [-0.25, -0.2) is 4.98 Å². The number of aliphatic hydroxyl groups excluding tert-OH is 1. The molecule has 0 aliphatic heterocycles. The molecule has 0 saturated heterocycles. The van der Waals surface area contributed by atoms with Gasteiger partial charge in [-0.2, -0.15) is 0 Å². The Kier molecular flexibility index (Phi) is 5.17. The number of nitrogens with zero attached hydrogens (tertiary/aromatic N) is 1. The third-order valence-corrected chi connectivity index (χ3v) is 3.06. The van der Waals surface area contributed by atoms with Gasteiger partial charge >= 0.3 is 0 Å². The molecule has 7 heteroatoms. The number of anilines is 2. The Hall–Kier alpha value is -1.34. The van der Waals surface area contributed by atoms with Crippen molar-refractivity contribution in [3.63, 3.8) is 0 Å². The van der Waals surface area contributed by atoms with E-state index in [9.17, 15) is 4.79 Å². The van der Waals surface area contributed by atoms with E-state index in [4.69, 9.17) is 10.8 Å². The number of thiazole rings is 1. The van der Waals surface area contributed by atoms with Crippen molar-refractivity contribution in [2.24, 2.45) is 0 Å². The number of hydrogen-bond donors (Lipinski definition) is 4. The Morgan fingerprint density at radius 3 is 2.94 bits per heavy atom. The normalized spacial score (nSPS) is 12.2. The minimum absolute atomic E-state index is 0.106. The van der Waals surface area contributed by atoms with Gasteiger partial charge in [0.25, 0.3) is 5.91 Å². The zero-order valence-electron chi connectivity index (χ0n) is 9.99. The van der Waals surface area contributed by atoms with Crippen LogP contribution in [0, 0.1) is 0 Å². The second-order valence-electron chi connectivity index (χ2n) is 3.72. The minimum atomic E-state index is -0.300. The molecule has 0 bridgehead atoms. The number of aliphatic hydroxyl groups is 1. The molecule has 0 aliphatic carbocycles. The van der Waals surface area contributed by atoms with Crippen molar-refractivity contribution in [3.05, 3.63) is 4.88 Å². The molecule has 0 spiro atoms. The lowest BCUT2D eigenvalue weighted by molar-refractivity contribution is 0.0927. The molecule has 1 amide bonds. The lowest BCUT2D eigenvalue weighted by Crippen LogP contribution is -2.34. The van der Waals surface area contributed by atoms with E-state index in [-0.39, 0.29) is 24.4 Å². The fourth-order valence-corrected chi connectivity index (χ4v) is 1.95. The van der Waals surface area contributed by atoms with Gasteiger partial charge < -0.3 is 21.5 Å². The third-order valence-electron chi connectivity index (χ3n) is 2.04. The monoisotopic (exact) mass is 258 g/mol. The summed E-state index contributed by atoms with van der Waals surface area (Å²) in [5, 5.41) is 15.2. The highest BCUT2D eigenvalue weighted by Crippen LogP contribution is 2.24. The van der Waals surface area contributed by atoms with Crippen LogP contribution in [-0.4, -0.2) is 35.2 Å². The Morgan fingerprint density at radius 2 is 2.35 bits per heavy atom. The number of carbonyl (C=O) groups is 1. The maximum atomic E-state index is 11.8. The zero-order valence-corrected chi connectivity index (χ0v) is 10.8. The lowest BCUT2D eigenvalue weighted by Gasteiger charge is -2.09. The zero-order chi connectivity index (χ0) is 12.8. The molecule has 1 heterocycles. The maximum Gasteiger partial charge on any atom is 0.265 e. The average molecular weight is 258 g/mol. The van der Waals surface area contributed by atoms with Crippen molar-refractivity contribution in [2.75, 3.05) is 24.2 Å². The maximum absolute atomic E-state index is 11.8. The summed E-state index contributed by atoms with van der Waals surface area (Å²) < 4.78 is 0. The highest BCUT2D eigenvalue weighted by atomic mass is 32.1. The van der Waals surface area contributed by atoms with E-state index in [1.807, 2.05) is 6.92 Å². The quantitative estimate of drug-likeness (QED) is 0.600. The summed E-state index contributed by atoms with van der Waals surface area (Å²) in [4.78, 5) is 16.2. The van der Waals surface area contributed by atoms with Crippen LogP contribution in [0.2, 0.25) is 0 Å². The molecule has 1 rings (SSSR count). The standard InChI is InChI=1S/C10H18N4O2S/c1-3-4-12-10-14-8(11)7(17-10)9(16)13-6(2)5-15/h6,15H,3-5,11H2,1-2H3,(H,12,14)(H,13,16). The van der Waals surface area contributed by atoms with E-state index in [0.717, 1.165) is 13.0 Å². The van der Waals surface area contributed by atoms with Crippen molar-refractivity contribution >= 4 is 28.2 Å². The lowest BCUT2D eigenvalue weighted by atomic mass is 10.3. The molecule has 0 aromatic carbocycles. The van der Waals surface area contributed by atoms with E-state index in [1.165, 1.54) is 11.3 Å². The van der Waals surface area contributed by atoms with Crippen LogP contribution in [0.4, 0.5) is 10.9 Å². The predicted octanol–water partition coefficient (Wildman–Crippen LogP) is 0.658. The largest absolute Gasteiger partial charge is 0.394 e. The van der Waals surface area contributed by atoms with Gasteiger partial charge in [0.15, 0.2) is 5.13 Å².